The van der Waals surface area contributed by atoms with Gasteiger partial charge in [0.05, 0.1) is 0 Å². The Morgan fingerprint density at radius 3 is 1.77 bits per heavy atom. The SMILES string of the molecule is CCCCc1nccc(C)c1Cc1ccc(-c2ccccc2-c2nnnn2C(c2ccccc2)(c2ccccc2)c2ccccc2)cc1. The molecule has 7 aromatic rings. The van der Waals surface area contributed by atoms with E-state index in [-0.39, 0.29) is 0 Å². The second-order valence-electron chi connectivity index (χ2n) is 12.3. The Bertz CT molecular complexity index is 1990. The quantitative estimate of drug-likeness (QED) is 0.134. The summed E-state index contributed by atoms with van der Waals surface area (Å²) in [6, 6.07) is 51.1. The third-order valence-electron chi connectivity index (χ3n) is 9.32. The van der Waals surface area contributed by atoms with Gasteiger partial charge in [0.25, 0.3) is 0 Å². The van der Waals surface area contributed by atoms with Crippen molar-refractivity contribution >= 4 is 0 Å². The first kappa shape index (κ1) is 30.9. The summed E-state index contributed by atoms with van der Waals surface area (Å²) in [4.78, 5) is 4.75. The summed E-state index contributed by atoms with van der Waals surface area (Å²) in [6.07, 6.45) is 6.14. The molecule has 5 aromatic carbocycles. The monoisotopic (exact) mass is 625 g/mol. The van der Waals surface area contributed by atoms with Gasteiger partial charge < -0.3 is 0 Å². The van der Waals surface area contributed by atoms with Crippen LogP contribution >= 0.6 is 0 Å². The molecule has 0 aliphatic heterocycles. The average Bonchev–Trinajstić information content (AvgIpc) is 3.64. The van der Waals surface area contributed by atoms with Gasteiger partial charge in [0.1, 0.15) is 5.54 Å². The van der Waals surface area contributed by atoms with Crippen LogP contribution in [0.4, 0.5) is 0 Å². The highest BCUT2D eigenvalue weighted by Crippen LogP contribution is 2.43. The van der Waals surface area contributed by atoms with E-state index in [4.69, 9.17) is 15.3 Å². The molecular weight excluding hydrogens is 587 g/mol. The molecule has 0 spiro atoms. The van der Waals surface area contributed by atoms with Crippen LogP contribution in [0.1, 0.15) is 58.8 Å². The van der Waals surface area contributed by atoms with Crippen LogP contribution < -0.4 is 0 Å². The second-order valence-corrected chi connectivity index (χ2v) is 12.3. The van der Waals surface area contributed by atoms with Gasteiger partial charge in [0, 0.05) is 17.5 Å². The van der Waals surface area contributed by atoms with Gasteiger partial charge in [-0.3, -0.25) is 4.98 Å². The van der Waals surface area contributed by atoms with Gasteiger partial charge in [-0.15, -0.1) is 5.10 Å². The fourth-order valence-corrected chi connectivity index (χ4v) is 6.87. The molecule has 0 amide bonds. The number of benzene rings is 5. The highest BCUT2D eigenvalue weighted by Gasteiger charge is 2.42. The van der Waals surface area contributed by atoms with Crippen molar-refractivity contribution in [3.8, 4) is 22.5 Å². The van der Waals surface area contributed by atoms with Gasteiger partial charge in [0.15, 0.2) is 5.82 Å². The molecule has 236 valence electrons. The Morgan fingerprint density at radius 2 is 1.19 bits per heavy atom. The number of hydrogen-bond acceptors (Lipinski definition) is 4. The van der Waals surface area contributed by atoms with Crippen LogP contribution in [-0.4, -0.2) is 25.2 Å². The van der Waals surface area contributed by atoms with E-state index >= 15 is 0 Å². The predicted molar refractivity (Wildman–Crippen MR) is 194 cm³/mol. The summed E-state index contributed by atoms with van der Waals surface area (Å²) in [7, 11) is 0. The fourth-order valence-electron chi connectivity index (χ4n) is 6.87. The van der Waals surface area contributed by atoms with Crippen molar-refractivity contribution in [3.63, 3.8) is 0 Å². The minimum absolute atomic E-state index is 0.692. The van der Waals surface area contributed by atoms with E-state index in [1.54, 1.807) is 0 Å². The zero-order chi connectivity index (χ0) is 32.8. The van der Waals surface area contributed by atoms with Gasteiger partial charge in [-0.25, -0.2) is 4.68 Å². The lowest BCUT2D eigenvalue weighted by Gasteiger charge is -2.36. The van der Waals surface area contributed by atoms with E-state index in [0.717, 1.165) is 59.1 Å². The van der Waals surface area contributed by atoms with E-state index in [0.29, 0.717) is 5.82 Å². The first-order valence-electron chi connectivity index (χ1n) is 16.8. The first-order chi connectivity index (χ1) is 23.7. The minimum Gasteiger partial charge on any atom is -0.261 e. The molecule has 0 saturated carbocycles. The molecule has 0 aliphatic carbocycles. The Morgan fingerprint density at radius 1 is 0.625 bits per heavy atom. The summed E-state index contributed by atoms with van der Waals surface area (Å²) >= 11 is 0. The van der Waals surface area contributed by atoms with Gasteiger partial charge in [-0.1, -0.05) is 153 Å². The van der Waals surface area contributed by atoms with Crippen molar-refractivity contribution in [2.75, 3.05) is 0 Å². The van der Waals surface area contributed by atoms with Gasteiger partial charge in [-0.05, 0) is 87.2 Å². The summed E-state index contributed by atoms with van der Waals surface area (Å²) in [5, 5.41) is 13.8. The Balaban J connectivity index is 1.34. The lowest BCUT2D eigenvalue weighted by atomic mass is 9.77. The van der Waals surface area contributed by atoms with Crippen molar-refractivity contribution in [2.24, 2.45) is 0 Å². The number of hydrogen-bond donors (Lipinski definition) is 0. The summed E-state index contributed by atoms with van der Waals surface area (Å²) in [5.74, 6) is 0.692. The molecule has 0 atom stereocenters. The molecular formula is C43H39N5. The van der Waals surface area contributed by atoms with Crippen molar-refractivity contribution in [1.29, 1.82) is 0 Å². The molecule has 0 unspecified atom stereocenters. The van der Waals surface area contributed by atoms with E-state index in [1.807, 2.05) is 29.1 Å². The Kier molecular flexibility index (Phi) is 9.01. The molecule has 2 heterocycles. The normalized spacial score (nSPS) is 11.5. The maximum atomic E-state index is 4.78. The van der Waals surface area contributed by atoms with Crippen molar-refractivity contribution in [2.45, 2.75) is 45.1 Å². The van der Waals surface area contributed by atoms with Crippen molar-refractivity contribution in [3.05, 3.63) is 191 Å². The Labute approximate surface area is 283 Å². The number of aromatic nitrogens is 5. The van der Waals surface area contributed by atoms with Crippen LogP contribution in [0.25, 0.3) is 22.5 Å². The molecule has 0 saturated heterocycles. The second kappa shape index (κ2) is 14.0. The number of tetrazole rings is 1. The summed E-state index contributed by atoms with van der Waals surface area (Å²) < 4.78 is 2.00. The molecule has 0 radical (unpaired) electrons. The molecule has 7 rings (SSSR count). The highest BCUT2D eigenvalue weighted by molar-refractivity contribution is 5.81. The molecule has 0 N–H and O–H groups in total. The highest BCUT2D eigenvalue weighted by atomic mass is 15.6. The standard InChI is InChI=1S/C43H39N5/c1-3-4-24-41-40(32(2)29-30-44-41)31-33-25-27-34(28-26-33)38-22-14-15-23-39(38)42-45-46-47-48(42)43(35-16-8-5-9-17-35,36-18-10-6-11-19-36)37-20-12-7-13-21-37/h5-23,25-30H,3-4,24,31H2,1-2H3. The largest absolute Gasteiger partial charge is 0.261 e. The topological polar surface area (TPSA) is 56.5 Å². The van der Waals surface area contributed by atoms with Crippen LogP contribution in [0, 0.1) is 6.92 Å². The van der Waals surface area contributed by atoms with E-state index in [2.05, 4.69) is 146 Å². The molecule has 5 heteroatoms. The number of rotatable bonds is 11. The number of pyridine rings is 1. The first-order valence-corrected chi connectivity index (χ1v) is 16.8. The molecule has 2 aromatic heterocycles. The lowest BCUT2D eigenvalue weighted by molar-refractivity contribution is 0.451. The van der Waals surface area contributed by atoms with E-state index in [1.165, 1.54) is 22.4 Å². The predicted octanol–water partition coefficient (Wildman–Crippen LogP) is 9.48. The molecule has 0 fully saturated rings. The van der Waals surface area contributed by atoms with Crippen LogP contribution in [0.2, 0.25) is 0 Å². The molecule has 5 nitrogen and oxygen atoms in total. The number of unbranched alkanes of at least 4 members (excludes halogenated alkanes) is 1. The smallest absolute Gasteiger partial charge is 0.184 e. The maximum Gasteiger partial charge on any atom is 0.184 e. The molecule has 0 aliphatic rings. The van der Waals surface area contributed by atoms with Gasteiger partial charge >= 0.3 is 0 Å². The summed E-state index contributed by atoms with van der Waals surface area (Å²) in [6.45, 7) is 4.43. The third kappa shape index (κ3) is 5.84. The zero-order valence-electron chi connectivity index (χ0n) is 27.5. The number of aryl methyl sites for hydroxylation is 2. The molecule has 0 bridgehead atoms. The fraction of sp³-hybridized carbons (Fsp3) is 0.163. The maximum absolute atomic E-state index is 4.78. The van der Waals surface area contributed by atoms with Crippen LogP contribution in [0.15, 0.2) is 152 Å². The minimum atomic E-state index is -0.823. The van der Waals surface area contributed by atoms with Crippen LogP contribution in [-0.2, 0) is 18.4 Å². The third-order valence-corrected chi connectivity index (χ3v) is 9.32. The Hall–Kier alpha value is -5.68. The van der Waals surface area contributed by atoms with Gasteiger partial charge in [0.2, 0.25) is 0 Å². The average molecular weight is 626 g/mol. The van der Waals surface area contributed by atoms with Crippen molar-refractivity contribution < 1.29 is 0 Å². The van der Waals surface area contributed by atoms with Gasteiger partial charge in [-0.2, -0.15) is 0 Å². The summed E-state index contributed by atoms with van der Waals surface area (Å²) in [5.41, 5.74) is 10.7. The lowest BCUT2D eigenvalue weighted by Crippen LogP contribution is -2.39. The number of nitrogens with zero attached hydrogens (tertiary/aromatic N) is 5. The van der Waals surface area contributed by atoms with Crippen LogP contribution in [0.3, 0.4) is 0 Å². The zero-order valence-corrected chi connectivity index (χ0v) is 27.5. The van der Waals surface area contributed by atoms with E-state index < -0.39 is 5.54 Å². The molecule has 48 heavy (non-hydrogen) atoms. The van der Waals surface area contributed by atoms with Crippen LogP contribution in [0.5, 0.6) is 0 Å². The van der Waals surface area contributed by atoms with E-state index in [9.17, 15) is 0 Å². The van der Waals surface area contributed by atoms with Crippen molar-refractivity contribution in [1.82, 2.24) is 25.2 Å².